The molecule has 148 valence electrons. The van der Waals surface area contributed by atoms with Crippen molar-refractivity contribution in [2.45, 2.75) is 67.2 Å². The lowest BCUT2D eigenvalue weighted by atomic mass is 10.1. The minimum Gasteiger partial charge on any atom is -0.494 e. The molecule has 2 aromatic carbocycles. The van der Waals surface area contributed by atoms with Gasteiger partial charge in [0.15, 0.2) is 7.14 Å². The van der Waals surface area contributed by atoms with E-state index in [9.17, 15) is 0 Å². The summed E-state index contributed by atoms with van der Waals surface area (Å²) in [5.41, 5.74) is 5.43. The Morgan fingerprint density at radius 3 is 1.26 bits per heavy atom. The minimum atomic E-state index is -0.228. The van der Waals surface area contributed by atoms with Crippen molar-refractivity contribution < 1.29 is 30.7 Å². The lowest BCUT2D eigenvalue weighted by molar-refractivity contribution is -0.600. The van der Waals surface area contributed by atoms with E-state index < -0.39 is 0 Å². The van der Waals surface area contributed by atoms with Crippen molar-refractivity contribution in [3.05, 3.63) is 53.7 Å². The average Bonchev–Trinajstić information content (AvgIpc) is 2.60. The van der Waals surface area contributed by atoms with Crippen LogP contribution in [0.5, 0.6) is 11.5 Å². The molecule has 0 radical (unpaired) electrons. The first kappa shape index (κ1) is 22.1. The molecule has 0 N–H and O–H groups in total. The van der Waals surface area contributed by atoms with Crippen molar-refractivity contribution >= 4 is 0 Å². The highest BCUT2D eigenvalue weighted by molar-refractivity contribution is 5.35. The molecule has 0 aliphatic rings. The van der Waals surface area contributed by atoms with Gasteiger partial charge in [-0.05, 0) is 64.8 Å². The Balaban J connectivity index is 2.18. The van der Waals surface area contributed by atoms with Crippen molar-refractivity contribution in [3.8, 4) is 11.5 Å². The van der Waals surface area contributed by atoms with Gasteiger partial charge in [0.05, 0.1) is 13.2 Å². The number of aryl methyl sites for hydroxylation is 4. The summed E-state index contributed by atoms with van der Waals surface area (Å²) in [5.74, 6) is 2.03. The Morgan fingerprint density at radius 1 is 0.630 bits per heavy atom. The van der Waals surface area contributed by atoms with Crippen LogP contribution in [0.2, 0.25) is 0 Å². The second-order valence-corrected chi connectivity index (χ2v) is 9.94. The van der Waals surface area contributed by atoms with Crippen LogP contribution in [0.1, 0.15) is 61.8 Å². The van der Waals surface area contributed by atoms with Gasteiger partial charge in [-0.1, -0.05) is 26.7 Å². The van der Waals surface area contributed by atoms with Crippen molar-refractivity contribution in [2.75, 3.05) is 13.2 Å². The standard InChI is InChI=1S/C24H34IO2/c1-7-9-11-26-21-13-17(3)23(18(4)14-21)25-24-19(5)15-22(16-20(24)6)27-12-10-8-2/h13-16H,7-12H2,1-6H3/q+1. The molecule has 27 heavy (non-hydrogen) atoms. The molecule has 0 aliphatic carbocycles. The smallest absolute Gasteiger partial charge is 0.359 e. The number of unbranched alkanes of at least 4 members (excludes halogenated alkanes) is 2. The first-order valence-corrected chi connectivity index (χ1v) is 12.2. The normalized spacial score (nSPS) is 10.9. The number of benzene rings is 2. The Hall–Kier alpha value is -1.23. The summed E-state index contributed by atoms with van der Waals surface area (Å²) in [6.45, 7) is 14.9. The third kappa shape index (κ3) is 6.41. The highest BCUT2D eigenvalue weighted by atomic mass is 127. The van der Waals surface area contributed by atoms with Crippen LogP contribution in [-0.2, 0) is 0 Å². The summed E-state index contributed by atoms with van der Waals surface area (Å²) in [7, 11) is 0. The van der Waals surface area contributed by atoms with E-state index in [0.717, 1.165) is 50.4 Å². The Morgan fingerprint density at radius 2 is 0.963 bits per heavy atom. The minimum absolute atomic E-state index is 0.228. The van der Waals surface area contributed by atoms with Crippen LogP contribution in [0, 0.1) is 34.8 Å². The van der Waals surface area contributed by atoms with E-state index in [4.69, 9.17) is 9.47 Å². The Kier molecular flexibility index (Phi) is 8.94. The second kappa shape index (κ2) is 10.9. The van der Waals surface area contributed by atoms with E-state index in [2.05, 4.69) is 65.8 Å². The highest BCUT2D eigenvalue weighted by Gasteiger charge is 2.26. The maximum absolute atomic E-state index is 5.92. The predicted octanol–water partition coefficient (Wildman–Crippen LogP) is 3.41. The quantitative estimate of drug-likeness (QED) is 0.383. The fourth-order valence-electron chi connectivity index (χ4n) is 3.04. The van der Waals surface area contributed by atoms with E-state index in [-0.39, 0.29) is 21.2 Å². The topological polar surface area (TPSA) is 18.5 Å². The van der Waals surface area contributed by atoms with Crippen molar-refractivity contribution in [3.63, 3.8) is 0 Å². The SMILES string of the molecule is CCCCOc1cc(C)c([I+]c2c(C)cc(OCCCC)cc2C)c(C)c1. The van der Waals surface area contributed by atoms with Crippen molar-refractivity contribution in [2.24, 2.45) is 0 Å². The molecular formula is C24H34IO2+. The van der Waals surface area contributed by atoms with Gasteiger partial charge in [0.25, 0.3) is 0 Å². The summed E-state index contributed by atoms with van der Waals surface area (Å²) < 4.78 is 14.9. The molecule has 0 atom stereocenters. The maximum atomic E-state index is 5.92. The van der Waals surface area contributed by atoms with E-state index in [0.29, 0.717) is 0 Å². The largest absolute Gasteiger partial charge is 0.494 e. The van der Waals surface area contributed by atoms with E-state index in [1.807, 2.05) is 0 Å². The number of rotatable bonds is 10. The van der Waals surface area contributed by atoms with E-state index in [1.54, 1.807) is 0 Å². The molecule has 2 aromatic rings. The highest BCUT2D eigenvalue weighted by Crippen LogP contribution is 2.19. The molecule has 3 heteroatoms. The molecule has 0 saturated carbocycles. The summed E-state index contributed by atoms with van der Waals surface area (Å²) in [6, 6.07) is 8.85. The third-order valence-electron chi connectivity index (χ3n) is 4.54. The average molecular weight is 481 g/mol. The molecule has 0 heterocycles. The lowest BCUT2D eigenvalue weighted by Crippen LogP contribution is -3.62. The predicted molar refractivity (Wildman–Crippen MR) is 110 cm³/mol. The molecule has 2 rings (SSSR count). The second-order valence-electron chi connectivity index (χ2n) is 7.24. The summed E-state index contributed by atoms with van der Waals surface area (Å²) in [4.78, 5) is 0. The zero-order chi connectivity index (χ0) is 19.8. The zero-order valence-electron chi connectivity index (χ0n) is 17.7. The van der Waals surface area contributed by atoms with Crippen LogP contribution in [0.25, 0.3) is 0 Å². The summed E-state index contributed by atoms with van der Waals surface area (Å²) >= 11 is -0.228. The van der Waals surface area contributed by atoms with Crippen molar-refractivity contribution in [1.82, 2.24) is 0 Å². The lowest BCUT2D eigenvalue weighted by Gasteiger charge is -2.10. The molecule has 2 nitrogen and oxygen atoms in total. The van der Waals surface area contributed by atoms with Crippen LogP contribution in [0.4, 0.5) is 0 Å². The van der Waals surface area contributed by atoms with Gasteiger partial charge in [0.2, 0.25) is 0 Å². The fourth-order valence-corrected chi connectivity index (χ4v) is 5.90. The molecule has 0 amide bonds. The number of ether oxygens (including phenoxy) is 2. The summed E-state index contributed by atoms with van der Waals surface area (Å²) in [6.07, 6.45) is 4.55. The van der Waals surface area contributed by atoms with Gasteiger partial charge in [0.1, 0.15) is 11.5 Å². The maximum Gasteiger partial charge on any atom is 0.359 e. The molecule has 0 fully saturated rings. The molecule has 0 unspecified atom stereocenters. The van der Waals surface area contributed by atoms with Gasteiger partial charge in [-0.15, -0.1) is 0 Å². The molecule has 0 aliphatic heterocycles. The first-order chi connectivity index (χ1) is 13.0. The van der Waals surface area contributed by atoms with Crippen LogP contribution < -0.4 is 30.7 Å². The van der Waals surface area contributed by atoms with E-state index in [1.165, 1.54) is 29.4 Å². The Labute approximate surface area is 175 Å². The van der Waals surface area contributed by atoms with Crippen molar-refractivity contribution in [1.29, 1.82) is 0 Å². The van der Waals surface area contributed by atoms with Gasteiger partial charge >= 0.3 is 21.2 Å². The van der Waals surface area contributed by atoms with Crippen LogP contribution in [-0.4, -0.2) is 13.2 Å². The monoisotopic (exact) mass is 481 g/mol. The van der Waals surface area contributed by atoms with Gasteiger partial charge in [-0.2, -0.15) is 0 Å². The van der Waals surface area contributed by atoms with Gasteiger partial charge in [-0.25, -0.2) is 0 Å². The zero-order valence-corrected chi connectivity index (χ0v) is 19.9. The van der Waals surface area contributed by atoms with Crippen LogP contribution >= 0.6 is 0 Å². The van der Waals surface area contributed by atoms with Crippen LogP contribution in [0.15, 0.2) is 24.3 Å². The fraction of sp³-hybridized carbons (Fsp3) is 0.500. The first-order valence-electron chi connectivity index (χ1n) is 10.1. The van der Waals surface area contributed by atoms with E-state index >= 15 is 0 Å². The van der Waals surface area contributed by atoms with Gasteiger partial charge in [0, 0.05) is 22.3 Å². The molecule has 0 bridgehead atoms. The number of hydrogen-bond acceptors (Lipinski definition) is 2. The number of hydrogen-bond donors (Lipinski definition) is 0. The molecule has 0 saturated heterocycles. The summed E-state index contributed by atoms with van der Waals surface area (Å²) in [5, 5.41) is 0. The third-order valence-corrected chi connectivity index (χ3v) is 9.02. The molecule has 0 aromatic heterocycles. The van der Waals surface area contributed by atoms with Gasteiger partial charge in [-0.3, -0.25) is 0 Å². The van der Waals surface area contributed by atoms with Gasteiger partial charge < -0.3 is 9.47 Å². The molecule has 0 spiro atoms. The number of halogens is 1. The van der Waals surface area contributed by atoms with Crippen LogP contribution in [0.3, 0.4) is 0 Å². The Bertz CT molecular complexity index is 643. The molecular weight excluding hydrogens is 447 g/mol.